The first kappa shape index (κ1) is 25.5. The van der Waals surface area contributed by atoms with Gasteiger partial charge in [-0.1, -0.05) is 43.7 Å². The zero-order chi connectivity index (χ0) is 22.4. The average Bonchev–Trinajstić information content (AvgIpc) is 2.72. The van der Waals surface area contributed by atoms with E-state index in [1.54, 1.807) is 0 Å². The van der Waals surface area contributed by atoms with Gasteiger partial charge in [0, 0.05) is 13.3 Å². The molecule has 0 saturated heterocycles. The van der Waals surface area contributed by atoms with Crippen molar-refractivity contribution in [1.29, 1.82) is 0 Å². The van der Waals surface area contributed by atoms with E-state index >= 15 is 0 Å². The number of ether oxygens (including phenoxy) is 2. The Hall–Kier alpha value is -2.54. The van der Waals surface area contributed by atoms with Gasteiger partial charge in [0.05, 0.1) is 12.2 Å². The number of nitrogens with one attached hydrogen (secondary N) is 1. The van der Waals surface area contributed by atoms with E-state index in [0.717, 1.165) is 43.5 Å². The molecule has 2 rings (SSSR count). The number of carbonyl (C=O) groups excluding carboxylic acids is 1. The fourth-order valence-electron chi connectivity index (χ4n) is 2.48. The minimum absolute atomic E-state index is 0.182. The van der Waals surface area contributed by atoms with Gasteiger partial charge in [-0.15, -0.1) is 0 Å². The van der Waals surface area contributed by atoms with Crippen LogP contribution in [0.15, 0.2) is 54.6 Å². The van der Waals surface area contributed by atoms with Gasteiger partial charge in [-0.25, -0.2) is 0 Å². The topological polar surface area (TPSA) is 47.6 Å². The van der Waals surface area contributed by atoms with E-state index in [4.69, 9.17) is 4.74 Å². The Kier molecular flexibility index (Phi) is 11.6. The number of unbranched alkanes of at least 4 members (excludes halogenated alkanes) is 1. The molecule has 0 spiro atoms. The molecule has 0 amide bonds. The molecule has 30 heavy (non-hydrogen) atoms. The number of benzene rings is 2. The number of alkyl halides is 3. The summed E-state index contributed by atoms with van der Waals surface area (Å²) in [5.41, 5.74) is 0.323. The molecule has 0 fully saturated rings. The Bertz CT molecular complexity index is 719. The van der Waals surface area contributed by atoms with E-state index in [1.165, 1.54) is 19.1 Å². The molecule has 0 aliphatic heterocycles. The third-order valence-corrected chi connectivity index (χ3v) is 4.09. The summed E-state index contributed by atoms with van der Waals surface area (Å²) in [6.07, 6.45) is -1.76. The van der Waals surface area contributed by atoms with Crippen LogP contribution in [0.2, 0.25) is 0 Å². The van der Waals surface area contributed by atoms with Crippen molar-refractivity contribution in [3.8, 4) is 5.75 Å². The highest BCUT2D eigenvalue weighted by atomic mass is 19.4. The van der Waals surface area contributed by atoms with Crippen molar-refractivity contribution < 1.29 is 27.4 Å². The maximum Gasteiger partial charge on any atom is 0.416 e. The van der Waals surface area contributed by atoms with Gasteiger partial charge in [-0.2, -0.15) is 13.2 Å². The van der Waals surface area contributed by atoms with E-state index in [1.807, 2.05) is 37.4 Å². The van der Waals surface area contributed by atoms with Crippen molar-refractivity contribution in [2.24, 2.45) is 0 Å². The summed E-state index contributed by atoms with van der Waals surface area (Å²) in [7, 11) is 1.85. The molecule has 2 aromatic rings. The van der Waals surface area contributed by atoms with Gasteiger partial charge in [0.2, 0.25) is 0 Å². The van der Waals surface area contributed by atoms with Crippen LogP contribution >= 0.6 is 0 Å². The van der Waals surface area contributed by atoms with Crippen molar-refractivity contribution in [2.45, 2.75) is 45.4 Å². The van der Waals surface area contributed by atoms with Gasteiger partial charge < -0.3 is 14.8 Å². The lowest BCUT2D eigenvalue weighted by molar-refractivity contribution is -0.141. The first-order valence-electron chi connectivity index (χ1n) is 9.94. The summed E-state index contributed by atoms with van der Waals surface area (Å²) in [6.45, 7) is 4.81. The van der Waals surface area contributed by atoms with Crippen molar-refractivity contribution in [2.75, 3.05) is 20.2 Å². The molecule has 0 aliphatic rings. The monoisotopic (exact) mass is 425 g/mol. The molecule has 0 bridgehead atoms. The smallest absolute Gasteiger partial charge is 0.416 e. The molecular weight excluding hydrogens is 395 g/mol. The molecule has 166 valence electrons. The normalized spacial score (nSPS) is 11.8. The van der Waals surface area contributed by atoms with Crippen LogP contribution in [0.5, 0.6) is 5.75 Å². The quantitative estimate of drug-likeness (QED) is 0.408. The molecule has 7 heteroatoms. The highest BCUT2D eigenvalue weighted by Gasteiger charge is 2.30. The zero-order valence-electron chi connectivity index (χ0n) is 17.7. The summed E-state index contributed by atoms with van der Waals surface area (Å²) < 4.78 is 48.2. The number of esters is 1. The second kappa shape index (κ2) is 13.6. The third kappa shape index (κ3) is 10.3. The maximum atomic E-state index is 12.6. The van der Waals surface area contributed by atoms with E-state index < -0.39 is 11.7 Å². The standard InChI is InChI=1S/C17H18F3NO.C6H12O2/c1-21-12-11-16(13-5-3-2-4-6-13)22-15-9-7-14(8-10-15)17(18,19)20;1-3-4-5-8-6(2)7/h2-10,16,21H,11-12H2,1H3;3-5H2,1-2H3. The summed E-state index contributed by atoms with van der Waals surface area (Å²) >= 11 is 0. The zero-order valence-corrected chi connectivity index (χ0v) is 17.7. The molecule has 0 aliphatic carbocycles. The minimum atomic E-state index is -4.33. The Balaban J connectivity index is 0.000000479. The van der Waals surface area contributed by atoms with E-state index in [9.17, 15) is 18.0 Å². The van der Waals surface area contributed by atoms with Crippen LogP contribution in [-0.4, -0.2) is 26.2 Å². The Labute approximate surface area is 176 Å². The summed E-state index contributed by atoms with van der Waals surface area (Å²) in [6, 6.07) is 14.4. The van der Waals surface area contributed by atoms with E-state index in [-0.39, 0.29) is 12.1 Å². The molecule has 0 saturated carbocycles. The SMILES string of the molecule is CCCCOC(C)=O.CNCCC(Oc1ccc(C(F)(F)F)cc1)c1ccccc1. The first-order chi connectivity index (χ1) is 14.3. The van der Waals surface area contributed by atoms with Crippen LogP contribution in [0.3, 0.4) is 0 Å². The van der Waals surface area contributed by atoms with Crippen LogP contribution in [-0.2, 0) is 15.7 Å². The van der Waals surface area contributed by atoms with Gasteiger partial charge in [-0.05, 0) is 49.8 Å². The minimum Gasteiger partial charge on any atom is -0.486 e. The largest absolute Gasteiger partial charge is 0.486 e. The van der Waals surface area contributed by atoms with Gasteiger partial charge in [0.25, 0.3) is 0 Å². The Morgan fingerprint density at radius 1 is 1.07 bits per heavy atom. The average molecular weight is 425 g/mol. The van der Waals surface area contributed by atoms with E-state index in [2.05, 4.69) is 17.0 Å². The van der Waals surface area contributed by atoms with Crippen molar-refractivity contribution in [1.82, 2.24) is 5.32 Å². The molecule has 0 heterocycles. The number of halogens is 3. The number of rotatable bonds is 9. The molecule has 1 unspecified atom stereocenters. The van der Waals surface area contributed by atoms with Gasteiger partial charge in [0.1, 0.15) is 11.9 Å². The predicted octanol–water partition coefficient (Wildman–Crippen LogP) is 5.78. The molecule has 1 atom stereocenters. The van der Waals surface area contributed by atoms with Crippen molar-refractivity contribution in [3.63, 3.8) is 0 Å². The van der Waals surface area contributed by atoms with Crippen LogP contribution < -0.4 is 10.1 Å². The molecule has 2 aromatic carbocycles. The second-order valence-electron chi connectivity index (χ2n) is 6.63. The van der Waals surface area contributed by atoms with Gasteiger partial charge >= 0.3 is 12.1 Å². The lowest BCUT2D eigenvalue weighted by Crippen LogP contribution is -2.16. The Morgan fingerprint density at radius 2 is 1.70 bits per heavy atom. The fraction of sp³-hybridized carbons (Fsp3) is 0.435. The highest BCUT2D eigenvalue weighted by Crippen LogP contribution is 2.31. The predicted molar refractivity (Wildman–Crippen MR) is 111 cm³/mol. The molecule has 0 radical (unpaired) electrons. The van der Waals surface area contributed by atoms with Crippen molar-refractivity contribution in [3.05, 3.63) is 65.7 Å². The maximum absolute atomic E-state index is 12.6. The molecule has 4 nitrogen and oxygen atoms in total. The van der Waals surface area contributed by atoms with Crippen LogP contribution in [0.1, 0.15) is 50.3 Å². The summed E-state index contributed by atoms with van der Waals surface area (Å²) in [5, 5.41) is 3.05. The van der Waals surface area contributed by atoms with Crippen molar-refractivity contribution >= 4 is 5.97 Å². The van der Waals surface area contributed by atoms with Gasteiger partial charge in [-0.3, -0.25) is 4.79 Å². The fourth-order valence-corrected chi connectivity index (χ4v) is 2.48. The molecular formula is C23H30F3NO3. The lowest BCUT2D eigenvalue weighted by Gasteiger charge is -2.20. The van der Waals surface area contributed by atoms with Crippen LogP contribution in [0.4, 0.5) is 13.2 Å². The lowest BCUT2D eigenvalue weighted by atomic mass is 10.1. The summed E-state index contributed by atoms with van der Waals surface area (Å²) in [5.74, 6) is 0.247. The highest BCUT2D eigenvalue weighted by molar-refractivity contribution is 5.65. The summed E-state index contributed by atoms with van der Waals surface area (Å²) in [4.78, 5) is 10.1. The molecule has 1 N–H and O–H groups in total. The number of hydrogen-bond acceptors (Lipinski definition) is 4. The number of hydrogen-bond donors (Lipinski definition) is 1. The van der Waals surface area contributed by atoms with E-state index in [0.29, 0.717) is 12.4 Å². The van der Waals surface area contributed by atoms with Crippen LogP contribution in [0, 0.1) is 0 Å². The third-order valence-electron chi connectivity index (χ3n) is 4.09. The van der Waals surface area contributed by atoms with Crippen LogP contribution in [0.25, 0.3) is 0 Å². The Morgan fingerprint density at radius 3 is 2.20 bits per heavy atom. The number of carbonyl (C=O) groups is 1. The first-order valence-corrected chi connectivity index (χ1v) is 9.94. The molecule has 0 aromatic heterocycles. The second-order valence-corrected chi connectivity index (χ2v) is 6.63. The van der Waals surface area contributed by atoms with Gasteiger partial charge in [0.15, 0.2) is 0 Å².